The molecule has 0 fully saturated rings. The first-order valence-electron chi connectivity index (χ1n) is 13.6. The highest BCUT2D eigenvalue weighted by atomic mass is 16.5. The van der Waals surface area contributed by atoms with Gasteiger partial charge in [-0.1, -0.05) is 164 Å². The molecule has 0 saturated heterocycles. The number of ether oxygens (including phenoxy) is 1. The van der Waals surface area contributed by atoms with Crippen LogP contribution < -0.4 is 0 Å². The molecular weight excluding hydrogens is 416 g/mol. The van der Waals surface area contributed by atoms with Crippen LogP contribution in [0.25, 0.3) is 0 Å². The Morgan fingerprint density at radius 3 is 1.44 bits per heavy atom. The normalized spacial score (nSPS) is 12.8. The van der Waals surface area contributed by atoms with Crippen molar-refractivity contribution >= 4 is 5.97 Å². The van der Waals surface area contributed by atoms with Crippen LogP contribution in [0.5, 0.6) is 0 Å². The number of hydrogen-bond donors (Lipinski definition) is 0. The highest BCUT2D eigenvalue weighted by Crippen LogP contribution is 2.14. The van der Waals surface area contributed by atoms with Crippen molar-refractivity contribution < 1.29 is 9.53 Å². The molecule has 34 heavy (non-hydrogen) atoms. The topological polar surface area (TPSA) is 26.3 Å². The van der Waals surface area contributed by atoms with Gasteiger partial charge < -0.3 is 4.74 Å². The quantitative estimate of drug-likeness (QED) is 0.0686. The number of unbranched alkanes of at least 4 members (excludes halogenated alkanes) is 12. The lowest BCUT2D eigenvalue weighted by Crippen LogP contribution is -2.03. The van der Waals surface area contributed by atoms with Crippen molar-refractivity contribution in [1.29, 1.82) is 0 Å². The van der Waals surface area contributed by atoms with Crippen molar-refractivity contribution in [3.63, 3.8) is 0 Å². The summed E-state index contributed by atoms with van der Waals surface area (Å²) in [5, 5.41) is 0. The van der Waals surface area contributed by atoms with E-state index in [9.17, 15) is 4.79 Å². The Hall–Kier alpha value is -2.35. The zero-order valence-corrected chi connectivity index (χ0v) is 22.1. The molecule has 0 unspecified atom stereocenters. The molecule has 2 nitrogen and oxygen atoms in total. The Morgan fingerprint density at radius 1 is 0.588 bits per heavy atom. The molecule has 0 rings (SSSR count). The predicted molar refractivity (Wildman–Crippen MR) is 151 cm³/mol. The van der Waals surface area contributed by atoms with Gasteiger partial charge in [-0.2, -0.15) is 0 Å². The van der Waals surface area contributed by atoms with Crippen LogP contribution in [0.1, 0.15) is 110 Å². The van der Waals surface area contributed by atoms with Crippen molar-refractivity contribution in [1.82, 2.24) is 0 Å². The second-order valence-corrected chi connectivity index (χ2v) is 8.61. The third-order valence-corrected chi connectivity index (χ3v) is 5.50. The molecule has 190 valence electrons. The first-order valence-corrected chi connectivity index (χ1v) is 13.6. The largest absolute Gasteiger partial charge is 0.431 e. The molecule has 0 aromatic carbocycles. The third-order valence-electron chi connectivity index (χ3n) is 5.50. The fraction of sp³-hybridized carbons (Fsp3) is 0.531. The minimum Gasteiger partial charge on any atom is -0.431 e. The van der Waals surface area contributed by atoms with Gasteiger partial charge in [-0.3, -0.25) is 4.79 Å². The highest BCUT2D eigenvalue weighted by molar-refractivity contribution is 5.70. The summed E-state index contributed by atoms with van der Waals surface area (Å²) in [6.07, 6.45) is 41.2. The van der Waals surface area contributed by atoms with Crippen molar-refractivity contribution in [2.24, 2.45) is 0 Å². The molecule has 0 heterocycles. The van der Waals surface area contributed by atoms with E-state index in [1.807, 2.05) is 73.8 Å². The first-order chi connectivity index (χ1) is 16.7. The van der Waals surface area contributed by atoms with Gasteiger partial charge in [0.2, 0.25) is 0 Å². The van der Waals surface area contributed by atoms with E-state index >= 15 is 0 Å². The van der Waals surface area contributed by atoms with Crippen molar-refractivity contribution in [3.8, 4) is 0 Å². The number of allylic oxidation sites excluding steroid dienone is 13. The maximum Gasteiger partial charge on any atom is 0.310 e. The summed E-state index contributed by atoms with van der Waals surface area (Å²) in [5.41, 5.74) is 0. The summed E-state index contributed by atoms with van der Waals surface area (Å²) >= 11 is 0. The van der Waals surface area contributed by atoms with Gasteiger partial charge in [0, 0.05) is 12.8 Å². The maximum atomic E-state index is 12.1. The molecule has 0 amide bonds. The van der Waals surface area contributed by atoms with Crippen LogP contribution in [0.15, 0.2) is 85.3 Å². The monoisotopic (exact) mass is 466 g/mol. The Balaban J connectivity index is 3.81. The molecule has 0 aromatic heterocycles. The summed E-state index contributed by atoms with van der Waals surface area (Å²) < 4.78 is 5.51. The summed E-state index contributed by atoms with van der Waals surface area (Å²) in [5.74, 6) is 0.608. The molecular formula is C32H50O2. The molecule has 0 aliphatic rings. The highest BCUT2D eigenvalue weighted by Gasteiger charge is 2.05. The molecule has 0 aromatic rings. The number of rotatable bonds is 22. The molecule has 0 spiro atoms. The SMILES string of the molecule is C=CC=CC=CC=CC=CC=CC=C(CC)OC(=O)CCCCCCCCCCCCCCC. The van der Waals surface area contributed by atoms with Crippen LogP contribution in [0.4, 0.5) is 0 Å². The molecule has 0 radical (unpaired) electrons. The fourth-order valence-corrected chi connectivity index (χ4v) is 3.46. The predicted octanol–water partition coefficient (Wildman–Crippen LogP) is 10.3. The van der Waals surface area contributed by atoms with Gasteiger partial charge >= 0.3 is 5.97 Å². The Labute approximate surface area is 211 Å². The van der Waals surface area contributed by atoms with Crippen LogP contribution in [-0.4, -0.2) is 5.97 Å². The standard InChI is InChI=1S/C32H50O2/c1-4-7-9-11-13-15-17-18-20-22-24-26-28-30-32(33)34-31(6-3)29-27-25-23-21-19-16-14-12-10-8-5-2/h5,8,10,12,14,16,19,21,23,25,27,29H,2,4,6-7,9,11,13,15,17-18,20,22,24,26,28,30H2,1,3H3. The van der Waals surface area contributed by atoms with Gasteiger partial charge in [-0.25, -0.2) is 0 Å². The molecule has 0 aliphatic carbocycles. The molecule has 0 N–H and O–H groups in total. The average molecular weight is 467 g/mol. The lowest BCUT2D eigenvalue weighted by atomic mass is 10.0. The smallest absolute Gasteiger partial charge is 0.310 e. The lowest BCUT2D eigenvalue weighted by molar-refractivity contribution is -0.139. The number of esters is 1. The lowest BCUT2D eigenvalue weighted by Gasteiger charge is -2.06. The van der Waals surface area contributed by atoms with Gasteiger partial charge in [0.15, 0.2) is 0 Å². The van der Waals surface area contributed by atoms with E-state index in [0.29, 0.717) is 12.8 Å². The molecule has 0 aliphatic heterocycles. The number of hydrogen-bond acceptors (Lipinski definition) is 2. The second-order valence-electron chi connectivity index (χ2n) is 8.61. The Bertz CT molecular complexity index is 658. The van der Waals surface area contributed by atoms with Gasteiger partial charge in [-0.15, -0.1) is 0 Å². The summed E-state index contributed by atoms with van der Waals surface area (Å²) in [7, 11) is 0. The van der Waals surface area contributed by atoms with E-state index in [2.05, 4.69) is 13.5 Å². The Kier molecular flexibility index (Phi) is 25.0. The van der Waals surface area contributed by atoms with Crippen LogP contribution in [0, 0.1) is 0 Å². The minimum atomic E-state index is -0.111. The van der Waals surface area contributed by atoms with Crippen LogP contribution in [0.3, 0.4) is 0 Å². The van der Waals surface area contributed by atoms with Crippen molar-refractivity contribution in [2.45, 2.75) is 110 Å². The van der Waals surface area contributed by atoms with Crippen LogP contribution in [-0.2, 0) is 9.53 Å². The van der Waals surface area contributed by atoms with E-state index in [-0.39, 0.29) is 5.97 Å². The summed E-state index contributed by atoms with van der Waals surface area (Å²) in [4.78, 5) is 12.1. The van der Waals surface area contributed by atoms with Crippen LogP contribution in [0.2, 0.25) is 0 Å². The Morgan fingerprint density at radius 2 is 1.00 bits per heavy atom. The van der Waals surface area contributed by atoms with Gasteiger partial charge in [0.1, 0.15) is 5.76 Å². The van der Waals surface area contributed by atoms with Crippen molar-refractivity contribution in [3.05, 3.63) is 85.3 Å². The maximum absolute atomic E-state index is 12.1. The van der Waals surface area contributed by atoms with E-state index in [0.717, 1.165) is 18.6 Å². The minimum absolute atomic E-state index is 0.111. The van der Waals surface area contributed by atoms with E-state index in [1.165, 1.54) is 70.6 Å². The van der Waals surface area contributed by atoms with Gasteiger partial charge in [-0.05, 0) is 12.5 Å². The van der Waals surface area contributed by atoms with Crippen molar-refractivity contribution in [2.75, 3.05) is 0 Å². The van der Waals surface area contributed by atoms with E-state index in [4.69, 9.17) is 4.74 Å². The zero-order chi connectivity index (χ0) is 25.0. The number of carbonyl (C=O) groups is 1. The van der Waals surface area contributed by atoms with E-state index < -0.39 is 0 Å². The van der Waals surface area contributed by atoms with Crippen LogP contribution >= 0.6 is 0 Å². The van der Waals surface area contributed by atoms with Gasteiger partial charge in [0.25, 0.3) is 0 Å². The molecule has 0 saturated carbocycles. The molecule has 0 bridgehead atoms. The first kappa shape index (κ1) is 31.6. The molecule has 0 atom stereocenters. The second kappa shape index (κ2) is 26.9. The van der Waals surface area contributed by atoms with E-state index in [1.54, 1.807) is 6.08 Å². The average Bonchev–Trinajstić information content (AvgIpc) is 2.84. The fourth-order valence-electron chi connectivity index (χ4n) is 3.46. The zero-order valence-electron chi connectivity index (χ0n) is 22.1. The van der Waals surface area contributed by atoms with Gasteiger partial charge in [0.05, 0.1) is 0 Å². The third kappa shape index (κ3) is 24.3. The summed E-state index contributed by atoms with van der Waals surface area (Å²) in [6, 6.07) is 0. The molecule has 2 heteroatoms. The summed E-state index contributed by atoms with van der Waals surface area (Å²) in [6.45, 7) is 7.89. The number of carbonyl (C=O) groups excluding carboxylic acids is 1.